The summed E-state index contributed by atoms with van der Waals surface area (Å²) in [6, 6.07) is 12.8. The molecule has 0 bridgehead atoms. The van der Waals surface area contributed by atoms with Crippen LogP contribution in [0.1, 0.15) is 36.9 Å². The Kier molecular flexibility index (Phi) is 9.40. The van der Waals surface area contributed by atoms with Crippen molar-refractivity contribution in [1.82, 2.24) is 15.3 Å². The lowest BCUT2D eigenvalue weighted by molar-refractivity contribution is -0.203. The number of carbonyl (C=O) groups excluding carboxylic acids is 1. The summed E-state index contributed by atoms with van der Waals surface area (Å²) in [4.78, 5) is 17.1. The summed E-state index contributed by atoms with van der Waals surface area (Å²) >= 11 is 1.10. The number of alkyl halides is 2. The highest BCUT2D eigenvalue weighted by Crippen LogP contribution is 2.46. The van der Waals surface area contributed by atoms with Gasteiger partial charge < -0.3 is 16.3 Å². The van der Waals surface area contributed by atoms with Crippen molar-refractivity contribution >= 4 is 23.6 Å². The molecule has 2 aromatic carbocycles. The van der Waals surface area contributed by atoms with Crippen LogP contribution < -0.4 is 17.0 Å². The number of benzene rings is 2. The predicted molar refractivity (Wildman–Crippen MR) is 150 cm³/mol. The molecule has 0 aliphatic heterocycles. The second-order valence-electron chi connectivity index (χ2n) is 9.15. The molecule has 0 saturated carbocycles. The number of aliphatic hydroxyl groups is 1. The molecule has 4 aromatic rings. The van der Waals surface area contributed by atoms with Crippen LogP contribution in [0.5, 0.6) is 0 Å². The monoisotopic (exact) mass is 614 g/mol. The maximum absolute atomic E-state index is 15.8. The molecule has 0 radical (unpaired) electrons. The summed E-state index contributed by atoms with van der Waals surface area (Å²) in [6.07, 6.45) is 1.77. The van der Waals surface area contributed by atoms with Crippen LogP contribution in [0.25, 0.3) is 0 Å². The highest BCUT2D eigenvalue weighted by Gasteiger charge is 2.58. The summed E-state index contributed by atoms with van der Waals surface area (Å²) < 4.78 is 72.7. The van der Waals surface area contributed by atoms with Crippen LogP contribution >= 0.6 is 11.3 Å². The third-order valence-corrected chi connectivity index (χ3v) is 7.13. The predicted octanol–water partition coefficient (Wildman–Crippen LogP) is 3.95. The lowest BCUT2D eigenvalue weighted by Gasteiger charge is -2.37. The number of pyridine rings is 1. The lowest BCUT2D eigenvalue weighted by atomic mass is 9.84. The molecule has 0 aliphatic rings. The molecule has 6 N–H and O–H groups in total. The van der Waals surface area contributed by atoms with Gasteiger partial charge >= 0.3 is 5.92 Å². The maximum Gasteiger partial charge on any atom is 0.323 e. The number of hydrogen-bond acceptors (Lipinski definition) is 7. The Hall–Kier alpha value is -4.84. The van der Waals surface area contributed by atoms with Gasteiger partial charge in [0.15, 0.2) is 5.60 Å². The number of nitrogens with one attached hydrogen (secondary N) is 1. The average molecular weight is 615 g/mol. The van der Waals surface area contributed by atoms with Gasteiger partial charge in [0.05, 0.1) is 16.3 Å². The van der Waals surface area contributed by atoms with E-state index in [9.17, 15) is 23.1 Å². The molecule has 222 valence electrons. The van der Waals surface area contributed by atoms with E-state index in [0.717, 1.165) is 35.5 Å². The van der Waals surface area contributed by atoms with E-state index in [1.54, 1.807) is 24.3 Å². The standard InChI is InChI=1S/C29H23F5N6O2S/c30-20-5-1-18(2-6-20)15-38-27(41)25-11-9-22(43-25)8-3-19-4-12-26(37-14-19)29(33,34)28(42,16-40(36)17-39-35)23-10-7-21(31)13-24(23)32/h1-2,4-7,9-14,17,42H,15-16,35-36H2,(H,38,41)/b39-17-. The third kappa shape index (κ3) is 7.15. The first-order chi connectivity index (χ1) is 20.4. The number of carbonyl (C=O) groups is 1. The minimum Gasteiger partial charge on any atom is -0.377 e. The van der Waals surface area contributed by atoms with Crippen LogP contribution in [-0.2, 0) is 18.1 Å². The molecule has 0 spiro atoms. The molecule has 43 heavy (non-hydrogen) atoms. The molecular formula is C29H23F5N6O2S. The quantitative estimate of drug-likeness (QED) is 0.0565. The summed E-state index contributed by atoms with van der Waals surface area (Å²) in [7, 11) is 0. The molecule has 1 unspecified atom stereocenters. The summed E-state index contributed by atoms with van der Waals surface area (Å²) in [6.45, 7) is -0.891. The van der Waals surface area contributed by atoms with E-state index >= 15 is 8.78 Å². The minimum absolute atomic E-state index is 0.202. The SMILES string of the molecule is N/N=C\N(N)CC(O)(c1ccc(F)cc1F)C(F)(F)c1ccc(C#Cc2ccc(C(=O)NCc3ccc(F)cc3)s2)cn1. The Morgan fingerprint density at radius 3 is 2.42 bits per heavy atom. The van der Waals surface area contributed by atoms with Gasteiger partial charge in [-0.25, -0.2) is 19.0 Å². The smallest absolute Gasteiger partial charge is 0.323 e. The molecule has 2 aromatic heterocycles. The molecule has 0 saturated heterocycles. The Balaban J connectivity index is 1.51. The molecule has 4 rings (SSSR count). The molecule has 0 aliphatic carbocycles. The van der Waals surface area contributed by atoms with E-state index in [1.165, 1.54) is 18.2 Å². The van der Waals surface area contributed by atoms with E-state index in [2.05, 4.69) is 27.2 Å². The van der Waals surface area contributed by atoms with Crippen molar-refractivity contribution in [2.45, 2.75) is 18.1 Å². The topological polar surface area (TPSA) is 130 Å². The number of hydrogen-bond donors (Lipinski definition) is 4. The molecule has 8 nitrogen and oxygen atoms in total. The van der Waals surface area contributed by atoms with Gasteiger partial charge in [-0.15, -0.1) is 11.3 Å². The Bertz CT molecular complexity index is 1690. The number of amides is 1. The van der Waals surface area contributed by atoms with E-state index in [-0.39, 0.29) is 23.8 Å². The molecule has 0 fully saturated rings. The lowest BCUT2D eigenvalue weighted by Crippen LogP contribution is -2.53. The van der Waals surface area contributed by atoms with Crippen LogP contribution in [0.2, 0.25) is 0 Å². The number of hydrazone groups is 1. The fraction of sp³-hybridized carbons (Fsp3) is 0.138. The molecule has 2 heterocycles. The van der Waals surface area contributed by atoms with Crippen LogP contribution in [-0.4, -0.2) is 33.9 Å². The van der Waals surface area contributed by atoms with Gasteiger partial charge in [-0.1, -0.05) is 24.0 Å². The molecule has 1 atom stereocenters. The van der Waals surface area contributed by atoms with Gasteiger partial charge in [-0.2, -0.15) is 13.9 Å². The number of hydrazine groups is 1. The van der Waals surface area contributed by atoms with Crippen LogP contribution in [0.3, 0.4) is 0 Å². The van der Waals surface area contributed by atoms with E-state index in [0.29, 0.717) is 33.0 Å². The minimum atomic E-state index is -4.25. The van der Waals surface area contributed by atoms with Gasteiger partial charge in [0.1, 0.15) is 29.5 Å². The zero-order chi connectivity index (χ0) is 31.2. The zero-order valence-corrected chi connectivity index (χ0v) is 22.9. The van der Waals surface area contributed by atoms with Crippen LogP contribution in [0.15, 0.2) is 78.0 Å². The van der Waals surface area contributed by atoms with Gasteiger partial charge in [-0.3, -0.25) is 14.8 Å². The van der Waals surface area contributed by atoms with Crippen molar-refractivity contribution in [3.8, 4) is 11.8 Å². The highest BCUT2D eigenvalue weighted by molar-refractivity contribution is 7.14. The Morgan fingerprint density at radius 2 is 1.77 bits per heavy atom. The normalized spacial score (nSPS) is 12.8. The average Bonchev–Trinajstić information content (AvgIpc) is 3.45. The summed E-state index contributed by atoms with van der Waals surface area (Å²) in [5, 5.41) is 17.5. The second-order valence-corrected chi connectivity index (χ2v) is 10.2. The number of thiophene rings is 1. The van der Waals surface area contributed by atoms with Gasteiger partial charge in [0, 0.05) is 29.9 Å². The van der Waals surface area contributed by atoms with Crippen molar-refractivity contribution in [3.05, 3.63) is 123 Å². The first-order valence-electron chi connectivity index (χ1n) is 12.3. The largest absolute Gasteiger partial charge is 0.377 e. The van der Waals surface area contributed by atoms with Crippen molar-refractivity contribution < 1.29 is 31.9 Å². The number of rotatable bonds is 9. The van der Waals surface area contributed by atoms with Crippen LogP contribution in [0, 0.1) is 29.3 Å². The zero-order valence-electron chi connectivity index (χ0n) is 22.1. The fourth-order valence-corrected chi connectivity index (χ4v) is 4.74. The van der Waals surface area contributed by atoms with Crippen molar-refractivity contribution in [3.63, 3.8) is 0 Å². The molecule has 1 amide bonds. The maximum atomic E-state index is 15.8. The van der Waals surface area contributed by atoms with Gasteiger partial charge in [-0.05, 0) is 54.1 Å². The Morgan fingerprint density at radius 1 is 1.05 bits per heavy atom. The highest BCUT2D eigenvalue weighted by atomic mass is 32.1. The van der Waals surface area contributed by atoms with Gasteiger partial charge in [0.25, 0.3) is 5.91 Å². The van der Waals surface area contributed by atoms with Gasteiger partial charge in [0.2, 0.25) is 0 Å². The van der Waals surface area contributed by atoms with E-state index in [4.69, 9.17) is 11.7 Å². The van der Waals surface area contributed by atoms with Crippen molar-refractivity contribution in [2.24, 2.45) is 16.8 Å². The van der Waals surface area contributed by atoms with Crippen LogP contribution in [0.4, 0.5) is 22.0 Å². The first-order valence-corrected chi connectivity index (χ1v) is 13.2. The first kappa shape index (κ1) is 31.1. The van der Waals surface area contributed by atoms with Crippen molar-refractivity contribution in [1.29, 1.82) is 0 Å². The molecular weight excluding hydrogens is 591 g/mol. The fourth-order valence-electron chi connectivity index (χ4n) is 3.97. The number of aromatic nitrogens is 1. The number of nitrogens with two attached hydrogens (primary N) is 2. The van der Waals surface area contributed by atoms with E-state index in [1.807, 2.05) is 0 Å². The van der Waals surface area contributed by atoms with Crippen molar-refractivity contribution in [2.75, 3.05) is 6.54 Å². The third-order valence-electron chi connectivity index (χ3n) is 6.13. The number of nitrogens with zero attached hydrogens (tertiary/aromatic N) is 3. The Labute approximate surface area is 246 Å². The second kappa shape index (κ2) is 13.0. The molecule has 14 heteroatoms. The summed E-state index contributed by atoms with van der Waals surface area (Å²) in [5.74, 6) is 8.71. The summed E-state index contributed by atoms with van der Waals surface area (Å²) in [5.41, 5.74) is -4.26. The van der Waals surface area contributed by atoms with E-state index < -0.39 is 41.0 Å². The number of halogens is 5.